The van der Waals surface area contributed by atoms with Crippen LogP contribution in [0.2, 0.25) is 5.02 Å². The summed E-state index contributed by atoms with van der Waals surface area (Å²) in [6.45, 7) is 5.54. The molecule has 0 radical (unpaired) electrons. The number of amides is 1. The molecular weight excluding hydrogens is 628 g/mol. The van der Waals surface area contributed by atoms with Crippen LogP contribution >= 0.6 is 22.9 Å². The topological polar surface area (TPSA) is 108 Å². The predicted octanol–water partition coefficient (Wildman–Crippen LogP) is 6.27. The molecule has 0 saturated carbocycles. The first-order valence-electron chi connectivity index (χ1n) is 13.2. The van der Waals surface area contributed by atoms with Crippen LogP contribution in [0, 0.1) is 11.6 Å². The smallest absolute Gasteiger partial charge is 0.410 e. The third kappa shape index (κ3) is 7.42. The second-order valence-corrected chi connectivity index (χ2v) is 13.7. The minimum absolute atomic E-state index is 0.0233. The van der Waals surface area contributed by atoms with E-state index < -0.39 is 49.4 Å². The second-order valence-electron chi connectivity index (χ2n) is 10.6. The molecule has 2 aromatic carbocycles. The third-order valence-electron chi connectivity index (χ3n) is 6.46. The fourth-order valence-electron chi connectivity index (χ4n) is 4.38. The molecule has 0 aliphatic carbocycles. The summed E-state index contributed by atoms with van der Waals surface area (Å²) in [5.74, 6) is -2.45. The quantitative estimate of drug-likeness (QED) is 0.248. The Labute approximate surface area is 258 Å². The summed E-state index contributed by atoms with van der Waals surface area (Å²) >= 11 is 7.21. The zero-order chi connectivity index (χ0) is 31.5. The van der Waals surface area contributed by atoms with E-state index in [4.69, 9.17) is 30.5 Å². The highest BCUT2D eigenvalue weighted by molar-refractivity contribution is 7.93. The van der Waals surface area contributed by atoms with E-state index in [1.807, 2.05) is 0 Å². The standard InChI is InChI=1S/C28H32ClF2N3O7S2/c1-28(2,3)41-27(35)33-11-8-18(9-12-33)40-22-15-20(30)25(24(31)23(22)29)43(36,37)34(26-32-10-13-42-26)16-17-6-7-19(38-4)14-21(17)39-5/h6-7,10,13-15,18H,8-9,11-12,16H2,1-5H3. The molecule has 3 aromatic rings. The molecule has 1 aliphatic rings. The van der Waals surface area contributed by atoms with Crippen molar-refractivity contribution in [2.24, 2.45) is 0 Å². The first kappa shape index (κ1) is 32.6. The molecule has 0 unspecified atom stereocenters. The number of carbonyl (C=O) groups excluding carboxylic acids is 1. The molecule has 2 heterocycles. The molecule has 234 valence electrons. The number of carbonyl (C=O) groups is 1. The average molecular weight is 660 g/mol. The van der Waals surface area contributed by atoms with Crippen molar-refractivity contribution < 1.29 is 40.9 Å². The van der Waals surface area contributed by atoms with Crippen LogP contribution in [0.4, 0.5) is 18.7 Å². The third-order valence-corrected chi connectivity index (χ3v) is 9.49. The summed E-state index contributed by atoms with van der Waals surface area (Å²) in [5.41, 5.74) is -0.253. The first-order valence-corrected chi connectivity index (χ1v) is 15.9. The lowest BCUT2D eigenvalue weighted by atomic mass is 10.1. The van der Waals surface area contributed by atoms with Gasteiger partial charge in [-0.15, -0.1) is 11.3 Å². The molecule has 1 amide bonds. The number of nitrogens with zero attached hydrogens (tertiary/aromatic N) is 3. The van der Waals surface area contributed by atoms with Gasteiger partial charge in [-0.3, -0.25) is 0 Å². The Morgan fingerprint density at radius 1 is 1.14 bits per heavy atom. The van der Waals surface area contributed by atoms with Crippen LogP contribution in [0.5, 0.6) is 17.2 Å². The van der Waals surface area contributed by atoms with Gasteiger partial charge in [0.05, 0.1) is 20.8 Å². The molecule has 43 heavy (non-hydrogen) atoms. The van der Waals surface area contributed by atoms with Gasteiger partial charge in [0.2, 0.25) is 0 Å². The van der Waals surface area contributed by atoms with Gasteiger partial charge in [0.15, 0.2) is 21.7 Å². The molecule has 0 N–H and O–H groups in total. The molecule has 15 heteroatoms. The van der Waals surface area contributed by atoms with Gasteiger partial charge in [0.25, 0.3) is 10.0 Å². The number of rotatable bonds is 9. The van der Waals surface area contributed by atoms with Crippen LogP contribution in [0.25, 0.3) is 0 Å². The van der Waals surface area contributed by atoms with Crippen LogP contribution < -0.4 is 18.5 Å². The van der Waals surface area contributed by atoms with Gasteiger partial charge in [-0.1, -0.05) is 11.6 Å². The Morgan fingerprint density at radius 2 is 1.84 bits per heavy atom. The van der Waals surface area contributed by atoms with Gasteiger partial charge in [0, 0.05) is 55.2 Å². The van der Waals surface area contributed by atoms with E-state index in [0.29, 0.717) is 43.0 Å². The Hall–Kier alpha value is -3.36. The van der Waals surface area contributed by atoms with Crippen LogP contribution in [0.1, 0.15) is 39.2 Å². The number of benzene rings is 2. The number of sulfonamides is 1. The molecule has 4 rings (SSSR count). The normalized spacial score (nSPS) is 14.4. The van der Waals surface area contributed by atoms with Crippen molar-refractivity contribution >= 4 is 44.2 Å². The lowest BCUT2D eigenvalue weighted by Crippen LogP contribution is -2.44. The zero-order valence-electron chi connectivity index (χ0n) is 24.2. The SMILES string of the molecule is COc1ccc(CN(c2nccs2)S(=O)(=O)c2c(F)cc(OC3CCN(C(=O)OC(C)(C)C)CC3)c(Cl)c2F)c(OC)c1. The molecular formula is C28H32ClF2N3O7S2. The molecule has 1 saturated heterocycles. The summed E-state index contributed by atoms with van der Waals surface area (Å²) in [7, 11) is -2.01. The Bertz CT molecular complexity index is 1560. The van der Waals surface area contributed by atoms with Crippen LogP contribution in [0.3, 0.4) is 0 Å². The number of methoxy groups -OCH3 is 2. The van der Waals surface area contributed by atoms with Gasteiger partial charge >= 0.3 is 6.09 Å². The van der Waals surface area contributed by atoms with E-state index in [1.165, 1.54) is 30.7 Å². The van der Waals surface area contributed by atoms with Crippen LogP contribution in [0.15, 0.2) is 40.7 Å². The second kappa shape index (κ2) is 13.1. The van der Waals surface area contributed by atoms with Crippen molar-refractivity contribution in [3.05, 3.63) is 58.1 Å². The Balaban J connectivity index is 1.59. The van der Waals surface area contributed by atoms with E-state index in [0.717, 1.165) is 21.7 Å². The van der Waals surface area contributed by atoms with E-state index in [1.54, 1.807) is 39.0 Å². The van der Waals surface area contributed by atoms with Crippen LogP contribution in [-0.4, -0.2) is 63.4 Å². The Kier molecular flexibility index (Phi) is 9.92. The van der Waals surface area contributed by atoms with Gasteiger partial charge in [0.1, 0.15) is 34.0 Å². The van der Waals surface area contributed by atoms with E-state index in [9.17, 15) is 13.2 Å². The number of thiazole rings is 1. The molecule has 0 bridgehead atoms. The molecule has 0 spiro atoms. The molecule has 10 nitrogen and oxygen atoms in total. The number of anilines is 1. The van der Waals surface area contributed by atoms with E-state index in [2.05, 4.69) is 4.98 Å². The predicted molar refractivity (Wildman–Crippen MR) is 158 cm³/mol. The molecule has 1 aromatic heterocycles. The van der Waals surface area contributed by atoms with Crippen molar-refractivity contribution in [2.45, 2.75) is 56.8 Å². The fraction of sp³-hybridized carbons (Fsp3) is 0.429. The van der Waals surface area contributed by atoms with Gasteiger partial charge in [-0.25, -0.2) is 31.3 Å². The highest BCUT2D eigenvalue weighted by Crippen LogP contribution is 2.39. The fourth-order valence-corrected chi connectivity index (χ4v) is 7.02. The Morgan fingerprint density at radius 3 is 2.42 bits per heavy atom. The summed E-state index contributed by atoms with van der Waals surface area (Å²) in [6.07, 6.45) is 1.08. The molecule has 1 fully saturated rings. The van der Waals surface area contributed by atoms with Crippen molar-refractivity contribution in [3.8, 4) is 17.2 Å². The lowest BCUT2D eigenvalue weighted by molar-refractivity contribution is 0.0126. The maximum atomic E-state index is 15.7. The zero-order valence-corrected chi connectivity index (χ0v) is 26.6. The maximum Gasteiger partial charge on any atom is 0.410 e. The maximum absolute atomic E-state index is 15.7. The summed E-state index contributed by atoms with van der Waals surface area (Å²) in [6, 6.07) is 5.50. The minimum atomic E-state index is -4.88. The monoisotopic (exact) mass is 659 g/mol. The number of ether oxygens (including phenoxy) is 4. The molecule has 0 atom stereocenters. The van der Waals surface area contributed by atoms with Gasteiger partial charge in [-0.05, 0) is 32.9 Å². The van der Waals surface area contributed by atoms with Crippen LogP contribution in [-0.2, 0) is 21.3 Å². The van der Waals surface area contributed by atoms with Crippen molar-refractivity contribution in [1.29, 1.82) is 0 Å². The van der Waals surface area contributed by atoms with E-state index in [-0.39, 0.29) is 17.4 Å². The molecule has 1 aliphatic heterocycles. The summed E-state index contributed by atoms with van der Waals surface area (Å²) in [4.78, 5) is 16.7. The average Bonchev–Trinajstić information content (AvgIpc) is 3.48. The van der Waals surface area contributed by atoms with Crippen molar-refractivity contribution in [2.75, 3.05) is 31.6 Å². The number of aromatic nitrogens is 1. The largest absolute Gasteiger partial charge is 0.497 e. The number of hydrogen-bond acceptors (Lipinski definition) is 9. The summed E-state index contributed by atoms with van der Waals surface area (Å²) < 4.78 is 81.5. The highest BCUT2D eigenvalue weighted by atomic mass is 35.5. The lowest BCUT2D eigenvalue weighted by Gasteiger charge is -2.33. The van der Waals surface area contributed by atoms with Gasteiger partial charge in [-0.2, -0.15) is 0 Å². The minimum Gasteiger partial charge on any atom is -0.497 e. The van der Waals surface area contributed by atoms with Crippen molar-refractivity contribution in [1.82, 2.24) is 9.88 Å². The van der Waals surface area contributed by atoms with Gasteiger partial charge < -0.3 is 23.8 Å². The number of hydrogen-bond donors (Lipinski definition) is 0. The number of likely N-dealkylation sites (tertiary alicyclic amines) is 1. The first-order chi connectivity index (χ1) is 20.2. The number of piperidine rings is 1. The van der Waals surface area contributed by atoms with Crippen molar-refractivity contribution in [3.63, 3.8) is 0 Å². The van der Waals surface area contributed by atoms with E-state index >= 15 is 8.78 Å². The summed E-state index contributed by atoms with van der Waals surface area (Å²) in [5, 5.41) is 0.828. The highest BCUT2D eigenvalue weighted by Gasteiger charge is 2.36. The number of halogens is 3.